The molecule has 0 saturated heterocycles. The molecule has 4 heteroatoms. The average molecular weight is 298 g/mol. The molecule has 0 amide bonds. The lowest BCUT2D eigenvalue weighted by Crippen LogP contribution is -1.83. The SMILES string of the molecule is N#Cc1ccccc1-c1c(Br)[nH]c2ncccc12. The van der Waals surface area contributed by atoms with Crippen LogP contribution in [0.3, 0.4) is 0 Å². The van der Waals surface area contributed by atoms with E-state index >= 15 is 0 Å². The Morgan fingerprint density at radius 1 is 1.17 bits per heavy atom. The first kappa shape index (κ1) is 11.0. The molecular formula is C14H8BrN3. The maximum absolute atomic E-state index is 9.19. The fourth-order valence-corrected chi connectivity index (χ4v) is 2.67. The van der Waals surface area contributed by atoms with Gasteiger partial charge in [0.1, 0.15) is 5.65 Å². The van der Waals surface area contributed by atoms with Crippen molar-refractivity contribution < 1.29 is 0 Å². The van der Waals surface area contributed by atoms with Crippen molar-refractivity contribution in [2.24, 2.45) is 0 Å². The maximum atomic E-state index is 9.19. The fraction of sp³-hybridized carbons (Fsp3) is 0. The van der Waals surface area contributed by atoms with E-state index in [1.54, 1.807) is 6.20 Å². The van der Waals surface area contributed by atoms with Crippen molar-refractivity contribution in [2.75, 3.05) is 0 Å². The lowest BCUT2D eigenvalue weighted by molar-refractivity contribution is 1.30. The van der Waals surface area contributed by atoms with E-state index in [0.717, 1.165) is 26.8 Å². The van der Waals surface area contributed by atoms with Crippen molar-refractivity contribution in [3.05, 3.63) is 52.8 Å². The largest absolute Gasteiger partial charge is 0.333 e. The Morgan fingerprint density at radius 3 is 2.83 bits per heavy atom. The van der Waals surface area contributed by atoms with Crippen molar-refractivity contribution in [1.82, 2.24) is 9.97 Å². The van der Waals surface area contributed by atoms with Crippen LogP contribution in [-0.4, -0.2) is 9.97 Å². The minimum atomic E-state index is 0.656. The monoisotopic (exact) mass is 297 g/mol. The number of nitriles is 1. The van der Waals surface area contributed by atoms with Gasteiger partial charge in [0.2, 0.25) is 0 Å². The van der Waals surface area contributed by atoms with Gasteiger partial charge in [-0.2, -0.15) is 5.26 Å². The highest BCUT2D eigenvalue weighted by Crippen LogP contribution is 2.36. The molecule has 0 spiro atoms. The molecule has 3 rings (SSSR count). The first-order valence-electron chi connectivity index (χ1n) is 5.43. The van der Waals surface area contributed by atoms with E-state index in [0.29, 0.717) is 5.56 Å². The topological polar surface area (TPSA) is 52.5 Å². The zero-order valence-corrected chi connectivity index (χ0v) is 10.9. The van der Waals surface area contributed by atoms with Crippen LogP contribution in [0.4, 0.5) is 0 Å². The third-order valence-electron chi connectivity index (χ3n) is 2.84. The van der Waals surface area contributed by atoms with Crippen LogP contribution in [0.15, 0.2) is 47.2 Å². The number of halogens is 1. The van der Waals surface area contributed by atoms with Crippen LogP contribution in [0.1, 0.15) is 5.56 Å². The van der Waals surface area contributed by atoms with Gasteiger partial charge in [-0.15, -0.1) is 0 Å². The number of aromatic nitrogens is 2. The summed E-state index contributed by atoms with van der Waals surface area (Å²) < 4.78 is 0.846. The van der Waals surface area contributed by atoms with Gasteiger partial charge in [-0.3, -0.25) is 0 Å². The molecule has 0 unspecified atom stereocenters. The molecule has 0 aliphatic rings. The van der Waals surface area contributed by atoms with Gasteiger partial charge in [0.05, 0.1) is 16.2 Å². The fourth-order valence-electron chi connectivity index (χ4n) is 2.05. The molecule has 0 radical (unpaired) electrons. The summed E-state index contributed by atoms with van der Waals surface area (Å²) >= 11 is 3.50. The number of fused-ring (bicyclic) bond motifs is 1. The summed E-state index contributed by atoms with van der Waals surface area (Å²) in [7, 11) is 0. The highest BCUT2D eigenvalue weighted by Gasteiger charge is 2.14. The smallest absolute Gasteiger partial charge is 0.138 e. The van der Waals surface area contributed by atoms with Gasteiger partial charge in [0.25, 0.3) is 0 Å². The summed E-state index contributed by atoms with van der Waals surface area (Å²) in [6.07, 6.45) is 1.74. The van der Waals surface area contributed by atoms with Crippen molar-refractivity contribution in [3.63, 3.8) is 0 Å². The van der Waals surface area contributed by atoms with E-state index in [9.17, 15) is 5.26 Å². The number of rotatable bonds is 1. The lowest BCUT2D eigenvalue weighted by atomic mass is 10.0. The Labute approximate surface area is 112 Å². The van der Waals surface area contributed by atoms with E-state index < -0.39 is 0 Å². The van der Waals surface area contributed by atoms with Crippen LogP contribution in [0, 0.1) is 11.3 Å². The van der Waals surface area contributed by atoms with Gasteiger partial charge in [-0.25, -0.2) is 4.98 Å². The third kappa shape index (κ3) is 1.60. The molecule has 18 heavy (non-hydrogen) atoms. The summed E-state index contributed by atoms with van der Waals surface area (Å²) in [6, 6.07) is 13.7. The number of benzene rings is 1. The van der Waals surface area contributed by atoms with E-state index in [1.165, 1.54) is 0 Å². The normalized spacial score (nSPS) is 10.4. The Balaban J connectivity index is 2.39. The number of aromatic amines is 1. The molecule has 1 aromatic carbocycles. The van der Waals surface area contributed by atoms with E-state index in [2.05, 4.69) is 32.0 Å². The molecule has 0 fully saturated rings. The van der Waals surface area contributed by atoms with Crippen LogP contribution in [-0.2, 0) is 0 Å². The molecule has 0 aliphatic heterocycles. The quantitative estimate of drug-likeness (QED) is 0.741. The molecule has 2 aromatic heterocycles. The molecule has 1 N–H and O–H groups in total. The van der Waals surface area contributed by atoms with Crippen molar-refractivity contribution >= 4 is 27.0 Å². The highest BCUT2D eigenvalue weighted by atomic mass is 79.9. The van der Waals surface area contributed by atoms with Crippen LogP contribution in [0.5, 0.6) is 0 Å². The summed E-state index contributed by atoms with van der Waals surface area (Å²) in [5, 5.41) is 10.2. The van der Waals surface area contributed by atoms with E-state index in [4.69, 9.17) is 0 Å². The standard InChI is InChI=1S/C14H8BrN3/c15-13-12(10-5-2-1-4-9(10)8-16)11-6-3-7-17-14(11)18-13/h1-7H,(H,17,18). The van der Waals surface area contributed by atoms with Gasteiger partial charge in [-0.1, -0.05) is 18.2 Å². The van der Waals surface area contributed by atoms with E-state index in [1.807, 2.05) is 36.4 Å². The number of hydrogen-bond donors (Lipinski definition) is 1. The second-order valence-corrected chi connectivity index (χ2v) is 4.66. The number of pyridine rings is 1. The number of hydrogen-bond acceptors (Lipinski definition) is 2. The Bertz CT molecular complexity index is 768. The molecule has 0 atom stereocenters. The Hall–Kier alpha value is -2.12. The van der Waals surface area contributed by atoms with Gasteiger partial charge in [0.15, 0.2) is 0 Å². The minimum Gasteiger partial charge on any atom is -0.333 e. The summed E-state index contributed by atoms with van der Waals surface area (Å²) in [6.45, 7) is 0. The summed E-state index contributed by atoms with van der Waals surface area (Å²) in [4.78, 5) is 7.45. The van der Waals surface area contributed by atoms with Crippen molar-refractivity contribution in [2.45, 2.75) is 0 Å². The molecule has 2 heterocycles. The van der Waals surface area contributed by atoms with Crippen molar-refractivity contribution in [3.8, 4) is 17.2 Å². The highest BCUT2D eigenvalue weighted by molar-refractivity contribution is 9.10. The van der Waals surface area contributed by atoms with Crippen molar-refractivity contribution in [1.29, 1.82) is 5.26 Å². The summed E-state index contributed by atoms with van der Waals surface area (Å²) in [5.74, 6) is 0. The molecule has 86 valence electrons. The van der Waals surface area contributed by atoms with Gasteiger partial charge >= 0.3 is 0 Å². The van der Waals surface area contributed by atoms with Gasteiger partial charge in [-0.05, 0) is 34.1 Å². The predicted molar refractivity (Wildman–Crippen MR) is 73.9 cm³/mol. The molecule has 0 aliphatic carbocycles. The maximum Gasteiger partial charge on any atom is 0.138 e. The minimum absolute atomic E-state index is 0.656. The average Bonchev–Trinajstić information content (AvgIpc) is 2.74. The third-order valence-corrected chi connectivity index (χ3v) is 3.44. The molecular weight excluding hydrogens is 290 g/mol. The zero-order valence-electron chi connectivity index (χ0n) is 9.31. The second-order valence-electron chi connectivity index (χ2n) is 3.87. The predicted octanol–water partition coefficient (Wildman–Crippen LogP) is 3.86. The Morgan fingerprint density at radius 2 is 2.00 bits per heavy atom. The first-order chi connectivity index (χ1) is 8.81. The second kappa shape index (κ2) is 4.28. The number of nitrogens with zero attached hydrogens (tertiary/aromatic N) is 2. The van der Waals surface area contributed by atoms with Crippen LogP contribution < -0.4 is 0 Å². The number of H-pyrrole nitrogens is 1. The molecule has 3 aromatic rings. The first-order valence-corrected chi connectivity index (χ1v) is 6.22. The Kier molecular flexibility index (Phi) is 2.62. The van der Waals surface area contributed by atoms with Crippen LogP contribution in [0.25, 0.3) is 22.2 Å². The molecule has 0 saturated carbocycles. The van der Waals surface area contributed by atoms with Crippen LogP contribution in [0.2, 0.25) is 0 Å². The van der Waals surface area contributed by atoms with E-state index in [-0.39, 0.29) is 0 Å². The summed E-state index contributed by atoms with van der Waals surface area (Å²) in [5.41, 5.74) is 3.36. The lowest BCUT2D eigenvalue weighted by Gasteiger charge is -2.03. The number of nitrogens with one attached hydrogen (secondary N) is 1. The van der Waals surface area contributed by atoms with Gasteiger partial charge < -0.3 is 4.98 Å². The molecule has 0 bridgehead atoms. The molecule has 3 nitrogen and oxygen atoms in total. The van der Waals surface area contributed by atoms with Crippen LogP contribution >= 0.6 is 15.9 Å². The van der Waals surface area contributed by atoms with Gasteiger partial charge in [0, 0.05) is 22.7 Å². The zero-order chi connectivity index (χ0) is 12.5.